The van der Waals surface area contributed by atoms with E-state index in [1.165, 1.54) is 0 Å². The number of aromatic nitrogens is 5. The third-order valence-corrected chi connectivity index (χ3v) is 6.92. The Bertz CT molecular complexity index is 1700. The van der Waals surface area contributed by atoms with E-state index < -0.39 is 11.7 Å². The van der Waals surface area contributed by atoms with Crippen molar-refractivity contribution >= 4 is 45.8 Å². The van der Waals surface area contributed by atoms with Gasteiger partial charge in [0, 0.05) is 44.5 Å². The Balaban J connectivity index is 1.59. The van der Waals surface area contributed by atoms with E-state index >= 15 is 0 Å². The van der Waals surface area contributed by atoms with Gasteiger partial charge in [0.05, 0.1) is 23.3 Å². The molecule has 3 aromatic heterocycles. The molecule has 1 aliphatic rings. The Kier molecular flexibility index (Phi) is 8.02. The van der Waals surface area contributed by atoms with Gasteiger partial charge in [0.1, 0.15) is 16.9 Å². The van der Waals surface area contributed by atoms with E-state index in [1.807, 2.05) is 70.1 Å². The number of carbonyl (C=O) groups is 1. The van der Waals surface area contributed by atoms with Crippen LogP contribution >= 0.6 is 0 Å². The largest absolute Gasteiger partial charge is 0.443 e. The number of anilines is 5. The first-order chi connectivity index (χ1) is 20.1. The highest BCUT2D eigenvalue weighted by molar-refractivity contribution is 5.97. The van der Waals surface area contributed by atoms with Crippen molar-refractivity contribution in [3.63, 3.8) is 0 Å². The summed E-state index contributed by atoms with van der Waals surface area (Å²) in [5.74, 6) is 0.382. The zero-order valence-electron chi connectivity index (χ0n) is 25.1. The molecule has 4 aromatic rings. The topological polar surface area (TPSA) is 110 Å². The molecule has 0 bridgehead atoms. The van der Waals surface area contributed by atoms with Gasteiger partial charge < -0.3 is 15.0 Å². The van der Waals surface area contributed by atoms with Crippen molar-refractivity contribution in [1.29, 1.82) is 0 Å². The zero-order chi connectivity index (χ0) is 30.0. The van der Waals surface area contributed by atoms with Crippen molar-refractivity contribution in [2.45, 2.75) is 59.6 Å². The van der Waals surface area contributed by atoms with E-state index in [9.17, 15) is 9.59 Å². The molecule has 0 unspecified atom stereocenters. The van der Waals surface area contributed by atoms with Crippen molar-refractivity contribution in [3.05, 3.63) is 70.9 Å². The van der Waals surface area contributed by atoms with Gasteiger partial charge >= 0.3 is 6.09 Å². The van der Waals surface area contributed by atoms with Gasteiger partial charge in [-0.25, -0.2) is 9.78 Å². The first-order valence-electron chi connectivity index (χ1n) is 14.2. The zero-order valence-corrected chi connectivity index (χ0v) is 25.1. The van der Waals surface area contributed by atoms with Crippen molar-refractivity contribution in [1.82, 2.24) is 24.3 Å². The van der Waals surface area contributed by atoms with Crippen molar-refractivity contribution < 1.29 is 9.53 Å². The van der Waals surface area contributed by atoms with Crippen LogP contribution in [0.2, 0.25) is 0 Å². The summed E-state index contributed by atoms with van der Waals surface area (Å²) in [6.45, 7) is 10.9. The second-order valence-corrected chi connectivity index (χ2v) is 11.4. The summed E-state index contributed by atoms with van der Waals surface area (Å²) >= 11 is 0. The minimum absolute atomic E-state index is 0.156. The summed E-state index contributed by atoms with van der Waals surface area (Å²) in [4.78, 5) is 40.3. The van der Waals surface area contributed by atoms with Crippen LogP contribution in [0.15, 0.2) is 59.8 Å². The molecule has 4 heterocycles. The van der Waals surface area contributed by atoms with Crippen LogP contribution in [0, 0.1) is 6.92 Å². The molecule has 1 amide bonds. The number of ether oxygens (including phenoxy) is 1. The van der Waals surface area contributed by atoms with E-state index in [-0.39, 0.29) is 5.56 Å². The van der Waals surface area contributed by atoms with Crippen LogP contribution in [0.25, 0.3) is 11.0 Å². The number of rotatable bonds is 7. The van der Waals surface area contributed by atoms with E-state index in [4.69, 9.17) is 9.72 Å². The minimum Gasteiger partial charge on any atom is -0.443 e. The van der Waals surface area contributed by atoms with Gasteiger partial charge in [-0.3, -0.25) is 18.9 Å². The van der Waals surface area contributed by atoms with Gasteiger partial charge in [-0.1, -0.05) is 31.2 Å². The highest BCUT2D eigenvalue weighted by Crippen LogP contribution is 2.40. The smallest absolute Gasteiger partial charge is 0.414 e. The van der Waals surface area contributed by atoms with E-state index in [1.54, 1.807) is 26.5 Å². The molecule has 1 N–H and O–H groups in total. The summed E-state index contributed by atoms with van der Waals surface area (Å²) < 4.78 is 9.13. The lowest BCUT2D eigenvalue weighted by atomic mass is 10.1. The second kappa shape index (κ2) is 11.7. The Hall–Kier alpha value is -4.67. The van der Waals surface area contributed by atoms with E-state index in [0.29, 0.717) is 43.3 Å². The number of pyridine rings is 1. The van der Waals surface area contributed by atoms with Crippen molar-refractivity contribution in [2.75, 3.05) is 28.2 Å². The maximum absolute atomic E-state index is 14.2. The Morgan fingerprint density at radius 2 is 1.95 bits per heavy atom. The van der Waals surface area contributed by atoms with Crippen LogP contribution in [0.3, 0.4) is 0 Å². The van der Waals surface area contributed by atoms with Crippen LogP contribution < -0.4 is 20.7 Å². The lowest BCUT2D eigenvalue weighted by Crippen LogP contribution is -2.46. The average molecular weight is 571 g/mol. The number of benzene rings is 1. The lowest BCUT2D eigenvalue weighted by Gasteiger charge is -2.39. The SMILES string of the molecule is CC/C=C/CCn1c(=O)c(N2CCN(C(=O)OC(C)(C)C)c3c(C)cccc32)cc2cnc(Nc3cnn(C)c3)nc21. The number of carbonyl (C=O) groups excluding carboxylic acids is 1. The minimum atomic E-state index is -0.625. The summed E-state index contributed by atoms with van der Waals surface area (Å²) in [5, 5.41) is 8.10. The number of allylic oxidation sites excluding steroid dienone is 2. The Labute approximate surface area is 245 Å². The fourth-order valence-electron chi connectivity index (χ4n) is 5.10. The van der Waals surface area contributed by atoms with Crippen molar-refractivity contribution in [3.8, 4) is 0 Å². The molecule has 0 aliphatic carbocycles. The van der Waals surface area contributed by atoms with Gasteiger partial charge in [-0.05, 0) is 58.2 Å². The summed E-state index contributed by atoms with van der Waals surface area (Å²) in [5.41, 5.74) is 3.46. The molecular weight excluding hydrogens is 532 g/mol. The number of hydrogen-bond acceptors (Lipinski definition) is 8. The number of amides is 1. The Morgan fingerprint density at radius 1 is 1.14 bits per heavy atom. The van der Waals surface area contributed by atoms with Gasteiger partial charge in [0.15, 0.2) is 0 Å². The van der Waals surface area contributed by atoms with Crippen LogP contribution in [-0.2, 0) is 18.3 Å². The molecule has 0 saturated carbocycles. The van der Waals surface area contributed by atoms with Crippen LogP contribution in [0.4, 0.5) is 33.5 Å². The number of aryl methyl sites for hydroxylation is 3. The molecular formula is C31H38N8O3. The third-order valence-electron chi connectivity index (χ3n) is 6.92. The molecule has 42 heavy (non-hydrogen) atoms. The molecule has 11 heteroatoms. The van der Waals surface area contributed by atoms with Gasteiger partial charge in [-0.2, -0.15) is 10.1 Å². The first kappa shape index (κ1) is 28.8. The predicted octanol–water partition coefficient (Wildman–Crippen LogP) is 5.83. The highest BCUT2D eigenvalue weighted by atomic mass is 16.6. The maximum atomic E-state index is 14.2. The van der Waals surface area contributed by atoms with Gasteiger partial charge in [-0.15, -0.1) is 0 Å². The quantitative estimate of drug-likeness (QED) is 0.277. The first-order valence-corrected chi connectivity index (χ1v) is 14.2. The molecule has 220 valence electrons. The fraction of sp³-hybridized carbons (Fsp3) is 0.387. The molecule has 0 radical (unpaired) electrons. The average Bonchev–Trinajstić information content (AvgIpc) is 3.35. The van der Waals surface area contributed by atoms with Crippen molar-refractivity contribution in [2.24, 2.45) is 7.05 Å². The molecule has 1 aliphatic heterocycles. The number of nitrogens with one attached hydrogen (secondary N) is 1. The third kappa shape index (κ3) is 6.00. The number of nitrogens with zero attached hydrogens (tertiary/aromatic N) is 7. The number of hydrogen-bond donors (Lipinski definition) is 1. The molecule has 11 nitrogen and oxygen atoms in total. The van der Waals surface area contributed by atoms with Crippen LogP contribution in [0.1, 0.15) is 46.1 Å². The summed E-state index contributed by atoms with van der Waals surface area (Å²) in [6, 6.07) is 7.69. The normalized spacial score (nSPS) is 13.6. The fourth-order valence-corrected chi connectivity index (χ4v) is 5.10. The maximum Gasteiger partial charge on any atom is 0.414 e. The summed E-state index contributed by atoms with van der Waals surface area (Å²) in [6.07, 6.45) is 10.6. The van der Waals surface area contributed by atoms with E-state index in [2.05, 4.69) is 34.5 Å². The molecule has 0 spiro atoms. The van der Waals surface area contributed by atoms with Gasteiger partial charge in [0.25, 0.3) is 5.56 Å². The monoisotopic (exact) mass is 570 g/mol. The van der Waals surface area contributed by atoms with E-state index in [0.717, 1.165) is 34.4 Å². The Morgan fingerprint density at radius 3 is 2.67 bits per heavy atom. The molecule has 0 atom stereocenters. The number of para-hydroxylation sites is 1. The molecule has 0 saturated heterocycles. The highest BCUT2D eigenvalue weighted by Gasteiger charge is 2.33. The van der Waals surface area contributed by atoms with Gasteiger partial charge in [0.2, 0.25) is 5.95 Å². The lowest BCUT2D eigenvalue weighted by molar-refractivity contribution is 0.0580. The molecule has 1 aromatic carbocycles. The van der Waals surface area contributed by atoms with Crippen LogP contribution in [-0.4, -0.2) is 49.1 Å². The predicted molar refractivity (Wildman–Crippen MR) is 166 cm³/mol. The second-order valence-electron chi connectivity index (χ2n) is 11.4. The number of fused-ring (bicyclic) bond motifs is 2. The standard InChI is InChI=1S/C31H38N8O3/c1-7-8-9-10-14-39-27-22(18-32-29(35-27)34-23-19-33-36(6)20-23)17-25(28(39)40)37-15-16-38(30(41)42-31(3,4)5)26-21(2)12-11-13-24(26)37/h8-9,11-13,17-20H,7,10,14-16H2,1-6H3,(H,32,34,35)/b9-8+. The summed E-state index contributed by atoms with van der Waals surface area (Å²) in [7, 11) is 1.84. The molecule has 5 rings (SSSR count). The van der Waals surface area contributed by atoms with Crippen LogP contribution in [0.5, 0.6) is 0 Å². The molecule has 0 fully saturated rings.